The summed E-state index contributed by atoms with van der Waals surface area (Å²) in [7, 11) is 0. The van der Waals surface area contributed by atoms with Crippen LogP contribution in [0.25, 0.3) is 0 Å². The Bertz CT molecular complexity index is 319. The molecule has 0 aliphatic rings. The highest BCUT2D eigenvalue weighted by Crippen LogP contribution is 2.30. The van der Waals surface area contributed by atoms with Crippen molar-refractivity contribution in [2.75, 3.05) is 0 Å². The van der Waals surface area contributed by atoms with Crippen molar-refractivity contribution in [3.05, 3.63) is 27.7 Å². The zero-order valence-electron chi connectivity index (χ0n) is 6.20. The quantitative estimate of drug-likeness (QED) is 0.750. The second kappa shape index (κ2) is 4.28. The fraction of sp³-hybridized carbons (Fsp3) is 0.286. The topological polar surface area (TPSA) is 12.9 Å². The van der Waals surface area contributed by atoms with Crippen molar-refractivity contribution in [1.82, 2.24) is 4.98 Å². The second-order valence-electron chi connectivity index (χ2n) is 2.22. The van der Waals surface area contributed by atoms with E-state index in [1.54, 1.807) is 0 Å². The van der Waals surface area contributed by atoms with E-state index in [9.17, 15) is 13.2 Å². The van der Waals surface area contributed by atoms with Crippen molar-refractivity contribution in [2.24, 2.45) is 0 Å². The molecule has 0 aromatic carbocycles. The van der Waals surface area contributed by atoms with Gasteiger partial charge < -0.3 is 0 Å². The van der Waals surface area contributed by atoms with Crippen LogP contribution in [0.5, 0.6) is 0 Å². The number of halogens is 5. The molecule has 1 heterocycles. The summed E-state index contributed by atoms with van der Waals surface area (Å²) < 4.78 is 37.3. The van der Waals surface area contributed by atoms with Crippen LogP contribution < -0.4 is 0 Å². The number of aromatic nitrogens is 1. The molecule has 0 unspecified atom stereocenters. The number of hydrogen-bond donors (Lipinski definition) is 0. The Morgan fingerprint density at radius 3 is 2.62 bits per heavy atom. The highest BCUT2D eigenvalue weighted by atomic mass is 79.9. The molecular weight excluding hydrogens is 270 g/mol. The van der Waals surface area contributed by atoms with Crippen LogP contribution in [0.2, 0.25) is 0 Å². The Morgan fingerprint density at radius 2 is 2.15 bits per heavy atom. The first-order valence-electron chi connectivity index (χ1n) is 3.24. The molecule has 1 nitrogen and oxygen atoms in total. The molecule has 0 amide bonds. The zero-order chi connectivity index (χ0) is 10.0. The predicted molar refractivity (Wildman–Crippen MR) is 46.4 cm³/mol. The molecule has 0 aliphatic carbocycles. The van der Waals surface area contributed by atoms with Gasteiger partial charge in [0.05, 0.1) is 16.5 Å². The number of pyridine rings is 1. The smallest absolute Gasteiger partial charge is 0.251 e. The maximum Gasteiger partial charge on any atom is 0.281 e. The van der Waals surface area contributed by atoms with Gasteiger partial charge in [-0.25, -0.2) is 13.2 Å². The molecule has 72 valence electrons. The summed E-state index contributed by atoms with van der Waals surface area (Å²) in [4.78, 5) is 3.26. The summed E-state index contributed by atoms with van der Waals surface area (Å²) in [6, 6.07) is 0. The largest absolute Gasteiger partial charge is 0.281 e. The monoisotopic (exact) mass is 273 g/mol. The molecule has 1 aromatic rings. The van der Waals surface area contributed by atoms with E-state index in [1.165, 1.54) is 0 Å². The lowest BCUT2D eigenvalue weighted by molar-refractivity contribution is 0.145. The van der Waals surface area contributed by atoms with Gasteiger partial charge in [-0.2, -0.15) is 0 Å². The second-order valence-corrected chi connectivity index (χ2v) is 3.28. The predicted octanol–water partition coefficient (Wildman–Crippen LogP) is 3.66. The zero-order valence-corrected chi connectivity index (χ0v) is 8.54. The number of hydrogen-bond acceptors (Lipinski definition) is 1. The first-order chi connectivity index (χ1) is 6.07. The number of alkyl halides is 3. The van der Waals surface area contributed by atoms with Crippen molar-refractivity contribution in [3.8, 4) is 0 Å². The van der Waals surface area contributed by atoms with Gasteiger partial charge in [-0.15, -0.1) is 11.6 Å². The minimum Gasteiger partial charge on any atom is -0.251 e. The summed E-state index contributed by atoms with van der Waals surface area (Å²) in [6.45, 7) is 0. The van der Waals surface area contributed by atoms with E-state index >= 15 is 0 Å². The molecule has 0 bridgehead atoms. The molecule has 13 heavy (non-hydrogen) atoms. The Balaban J connectivity index is 3.27. The molecule has 0 saturated carbocycles. The summed E-state index contributed by atoms with van der Waals surface area (Å²) >= 11 is 8.20. The normalized spacial score (nSPS) is 10.9. The van der Waals surface area contributed by atoms with Gasteiger partial charge in [-0.3, -0.25) is 4.98 Å². The van der Waals surface area contributed by atoms with Crippen molar-refractivity contribution >= 4 is 27.5 Å². The Hall–Kier alpha value is -0.290. The molecule has 0 N–H and O–H groups in total. The highest BCUT2D eigenvalue weighted by molar-refractivity contribution is 9.10. The minimum absolute atomic E-state index is 0.00645. The number of nitrogens with zero attached hydrogens (tertiary/aromatic N) is 1. The summed E-state index contributed by atoms with van der Waals surface area (Å²) in [5.41, 5.74) is -0.482. The molecule has 0 saturated heterocycles. The number of rotatable bonds is 2. The molecule has 0 atom stereocenters. The third-order valence-electron chi connectivity index (χ3n) is 1.44. The van der Waals surface area contributed by atoms with Gasteiger partial charge in [0.2, 0.25) is 0 Å². The fourth-order valence-corrected chi connectivity index (χ4v) is 1.82. The van der Waals surface area contributed by atoms with Gasteiger partial charge >= 0.3 is 0 Å². The lowest BCUT2D eigenvalue weighted by Crippen LogP contribution is -1.98. The molecule has 6 heteroatoms. The van der Waals surface area contributed by atoms with E-state index in [-0.39, 0.29) is 15.9 Å². The van der Waals surface area contributed by atoms with E-state index in [4.69, 9.17) is 11.6 Å². The summed E-state index contributed by atoms with van der Waals surface area (Å²) in [6.07, 6.45) is -2.00. The maximum absolute atomic E-state index is 12.9. The van der Waals surface area contributed by atoms with Gasteiger partial charge in [0.1, 0.15) is 11.5 Å². The van der Waals surface area contributed by atoms with Gasteiger partial charge in [0.25, 0.3) is 6.43 Å². The van der Waals surface area contributed by atoms with E-state index in [0.717, 1.165) is 6.20 Å². The van der Waals surface area contributed by atoms with Crippen LogP contribution in [0.4, 0.5) is 13.2 Å². The highest BCUT2D eigenvalue weighted by Gasteiger charge is 2.18. The Kier molecular flexibility index (Phi) is 3.55. The molecule has 1 rings (SSSR count). The first-order valence-corrected chi connectivity index (χ1v) is 4.57. The van der Waals surface area contributed by atoms with Crippen LogP contribution in [0.15, 0.2) is 10.7 Å². The molecular formula is C7H4BrClF3N. The third kappa shape index (κ3) is 2.14. The SMILES string of the molecule is Fc1cnc(C(F)F)c(Br)c1CCl. The van der Waals surface area contributed by atoms with Crippen molar-refractivity contribution in [2.45, 2.75) is 12.3 Å². The van der Waals surface area contributed by atoms with Gasteiger partial charge in [-0.05, 0) is 15.9 Å². The summed E-state index contributed by atoms with van der Waals surface area (Å²) in [5.74, 6) is -0.861. The van der Waals surface area contributed by atoms with Crippen molar-refractivity contribution in [3.63, 3.8) is 0 Å². The van der Waals surface area contributed by atoms with E-state index in [0.29, 0.717) is 0 Å². The van der Waals surface area contributed by atoms with Crippen LogP contribution >= 0.6 is 27.5 Å². The summed E-state index contributed by atoms with van der Waals surface area (Å²) in [5, 5.41) is 0. The van der Waals surface area contributed by atoms with Crippen LogP contribution in [-0.4, -0.2) is 4.98 Å². The fourth-order valence-electron chi connectivity index (χ4n) is 0.795. The van der Waals surface area contributed by atoms with Crippen molar-refractivity contribution in [1.29, 1.82) is 0 Å². The van der Waals surface area contributed by atoms with E-state index in [1.807, 2.05) is 0 Å². The average Bonchev–Trinajstić information content (AvgIpc) is 2.04. The molecule has 0 fully saturated rings. The van der Waals surface area contributed by atoms with Crippen LogP contribution in [0, 0.1) is 5.82 Å². The van der Waals surface area contributed by atoms with Crippen molar-refractivity contribution < 1.29 is 13.2 Å². The molecule has 0 radical (unpaired) electrons. The van der Waals surface area contributed by atoms with Crippen LogP contribution in [0.1, 0.15) is 17.7 Å². The Labute approximate surface area is 86.0 Å². The minimum atomic E-state index is -2.74. The first kappa shape index (κ1) is 10.8. The van der Waals surface area contributed by atoms with Gasteiger partial charge in [-0.1, -0.05) is 0 Å². The van der Waals surface area contributed by atoms with Crippen LogP contribution in [0.3, 0.4) is 0 Å². The average molecular weight is 274 g/mol. The van der Waals surface area contributed by atoms with Crippen LogP contribution in [-0.2, 0) is 5.88 Å². The lowest BCUT2D eigenvalue weighted by atomic mass is 10.2. The molecule has 1 aromatic heterocycles. The third-order valence-corrected chi connectivity index (χ3v) is 2.59. The van der Waals surface area contributed by atoms with Gasteiger partial charge in [0, 0.05) is 5.56 Å². The molecule has 0 aliphatic heterocycles. The molecule has 0 spiro atoms. The standard InChI is InChI=1S/C7H4BrClF3N/c8-5-3(1-9)4(10)2-13-6(5)7(11)12/h2,7H,1H2. The Morgan fingerprint density at radius 1 is 1.54 bits per heavy atom. The lowest BCUT2D eigenvalue weighted by Gasteiger charge is -2.06. The maximum atomic E-state index is 12.9. The van der Waals surface area contributed by atoms with Gasteiger partial charge in [0.15, 0.2) is 0 Å². The van der Waals surface area contributed by atoms with E-state index in [2.05, 4.69) is 20.9 Å². The van der Waals surface area contributed by atoms with E-state index < -0.39 is 17.9 Å².